The second-order valence-electron chi connectivity index (χ2n) is 7.14. The molecule has 154 valence electrons. The fourth-order valence-corrected chi connectivity index (χ4v) is 3.86. The van der Waals surface area contributed by atoms with Gasteiger partial charge in [0.05, 0.1) is 5.69 Å². The summed E-state index contributed by atoms with van der Waals surface area (Å²) in [4.78, 5) is 12.3. The van der Waals surface area contributed by atoms with Crippen LogP contribution in [0.5, 0.6) is 5.75 Å². The number of aryl methyl sites for hydroxylation is 1. The second kappa shape index (κ2) is 8.86. The molecular formula is C22H24ClNO5. The van der Waals surface area contributed by atoms with E-state index in [9.17, 15) is 15.0 Å². The van der Waals surface area contributed by atoms with Crippen molar-refractivity contribution in [2.45, 2.75) is 37.9 Å². The van der Waals surface area contributed by atoms with Gasteiger partial charge in [-0.2, -0.15) is 0 Å². The molecule has 29 heavy (non-hydrogen) atoms. The van der Waals surface area contributed by atoms with E-state index in [0.29, 0.717) is 34.6 Å². The molecule has 0 amide bonds. The van der Waals surface area contributed by atoms with E-state index in [1.165, 1.54) is 0 Å². The number of para-hydroxylation sites is 2. The highest BCUT2D eigenvalue weighted by atomic mass is 35.5. The van der Waals surface area contributed by atoms with Gasteiger partial charge >= 0.3 is 5.63 Å². The summed E-state index contributed by atoms with van der Waals surface area (Å²) >= 11 is 0. The Kier molecular flexibility index (Phi) is 6.47. The lowest BCUT2D eigenvalue weighted by atomic mass is 9.87. The summed E-state index contributed by atoms with van der Waals surface area (Å²) < 4.78 is 11.1. The molecule has 2 atom stereocenters. The standard InChI is InChI=1S/C22H23NO5.ClH/c23-16-9-3-4-10-18(16)27-12-17(24)21(25)15-8-5-11-19-20(15)13-6-1-2-7-14(13)22(26)28-19;/h3-5,8-11,17,21,24-25H,1-2,6-7,12,23H2;1H. The minimum Gasteiger partial charge on any atom is -0.489 e. The van der Waals surface area contributed by atoms with Crippen molar-refractivity contribution in [1.29, 1.82) is 0 Å². The smallest absolute Gasteiger partial charge is 0.339 e. The number of aliphatic hydroxyl groups is 2. The summed E-state index contributed by atoms with van der Waals surface area (Å²) in [5.41, 5.74) is 8.58. The summed E-state index contributed by atoms with van der Waals surface area (Å²) in [5, 5.41) is 22.1. The van der Waals surface area contributed by atoms with Crippen LogP contribution in [0.15, 0.2) is 51.7 Å². The van der Waals surface area contributed by atoms with Crippen LogP contribution in [0.3, 0.4) is 0 Å². The zero-order chi connectivity index (χ0) is 19.7. The molecule has 1 heterocycles. The first-order valence-corrected chi connectivity index (χ1v) is 9.47. The van der Waals surface area contributed by atoms with E-state index >= 15 is 0 Å². The SMILES string of the molecule is Cl.Nc1ccccc1OCC(O)C(O)c1cccc2oc(=O)c3c(c12)CCCC3. The monoisotopic (exact) mass is 417 g/mol. The van der Waals surface area contributed by atoms with Crippen molar-refractivity contribution in [2.75, 3.05) is 12.3 Å². The largest absolute Gasteiger partial charge is 0.489 e. The molecule has 0 radical (unpaired) electrons. The van der Waals surface area contributed by atoms with Gasteiger partial charge in [-0.25, -0.2) is 4.79 Å². The van der Waals surface area contributed by atoms with E-state index in [0.717, 1.165) is 30.2 Å². The Hall–Kier alpha value is -2.54. The first kappa shape index (κ1) is 21.2. The lowest BCUT2D eigenvalue weighted by molar-refractivity contribution is -0.00817. The summed E-state index contributed by atoms with van der Waals surface area (Å²) in [5.74, 6) is 0.454. The number of rotatable bonds is 5. The van der Waals surface area contributed by atoms with Gasteiger partial charge in [0.2, 0.25) is 0 Å². The van der Waals surface area contributed by atoms with Gasteiger partial charge in [-0.15, -0.1) is 12.4 Å². The average molecular weight is 418 g/mol. The minimum atomic E-state index is -1.19. The van der Waals surface area contributed by atoms with E-state index in [1.807, 2.05) is 0 Å². The highest BCUT2D eigenvalue weighted by molar-refractivity contribution is 5.86. The van der Waals surface area contributed by atoms with Crippen LogP contribution in [0, 0.1) is 0 Å². The van der Waals surface area contributed by atoms with Gasteiger partial charge in [0.15, 0.2) is 0 Å². The predicted octanol–water partition coefficient (Wildman–Crippen LogP) is 3.15. The molecule has 7 heteroatoms. The highest BCUT2D eigenvalue weighted by Gasteiger charge is 2.26. The molecule has 0 bridgehead atoms. The van der Waals surface area contributed by atoms with Crippen LogP contribution in [-0.2, 0) is 12.8 Å². The van der Waals surface area contributed by atoms with Crippen LogP contribution >= 0.6 is 12.4 Å². The van der Waals surface area contributed by atoms with E-state index in [-0.39, 0.29) is 24.6 Å². The number of aliphatic hydroxyl groups excluding tert-OH is 2. The van der Waals surface area contributed by atoms with Crippen molar-refractivity contribution < 1.29 is 19.4 Å². The van der Waals surface area contributed by atoms with Crippen LogP contribution in [0.25, 0.3) is 11.0 Å². The summed E-state index contributed by atoms with van der Waals surface area (Å²) in [6.07, 6.45) is 1.01. The Labute approximate surface area is 174 Å². The maximum absolute atomic E-state index is 12.3. The van der Waals surface area contributed by atoms with Crippen LogP contribution in [0.4, 0.5) is 5.69 Å². The molecule has 3 aromatic rings. The Balaban J connectivity index is 0.00000240. The van der Waals surface area contributed by atoms with Crippen LogP contribution in [0.2, 0.25) is 0 Å². The molecule has 1 aliphatic rings. The first-order valence-electron chi connectivity index (χ1n) is 9.47. The number of benzene rings is 2. The maximum Gasteiger partial charge on any atom is 0.339 e. The summed E-state index contributed by atoms with van der Waals surface area (Å²) in [6.45, 7) is -0.120. The molecule has 0 spiro atoms. The average Bonchev–Trinajstić information content (AvgIpc) is 2.72. The van der Waals surface area contributed by atoms with Gasteiger partial charge in [-0.3, -0.25) is 0 Å². The molecule has 0 saturated heterocycles. The predicted molar refractivity (Wildman–Crippen MR) is 114 cm³/mol. The highest BCUT2D eigenvalue weighted by Crippen LogP contribution is 2.33. The van der Waals surface area contributed by atoms with E-state index in [4.69, 9.17) is 14.9 Å². The molecule has 0 fully saturated rings. The number of nitrogens with two attached hydrogens (primary N) is 1. The Morgan fingerprint density at radius 1 is 1.03 bits per heavy atom. The van der Waals surface area contributed by atoms with Crippen molar-refractivity contribution in [3.63, 3.8) is 0 Å². The van der Waals surface area contributed by atoms with E-state index < -0.39 is 12.2 Å². The molecule has 6 nitrogen and oxygen atoms in total. The molecule has 2 unspecified atom stereocenters. The van der Waals surface area contributed by atoms with Crippen molar-refractivity contribution in [2.24, 2.45) is 0 Å². The molecule has 0 aliphatic heterocycles. The molecule has 2 aromatic carbocycles. The van der Waals surface area contributed by atoms with Gasteiger partial charge in [0.1, 0.15) is 30.1 Å². The number of fused-ring (bicyclic) bond motifs is 3. The van der Waals surface area contributed by atoms with Gasteiger partial charge in [-0.1, -0.05) is 24.3 Å². The lowest BCUT2D eigenvalue weighted by Gasteiger charge is -2.23. The number of halogens is 1. The van der Waals surface area contributed by atoms with Crippen molar-refractivity contribution >= 4 is 29.1 Å². The molecule has 1 aromatic heterocycles. The lowest BCUT2D eigenvalue weighted by Crippen LogP contribution is -2.26. The second-order valence-corrected chi connectivity index (χ2v) is 7.14. The molecular weight excluding hydrogens is 394 g/mol. The van der Waals surface area contributed by atoms with Crippen LogP contribution in [0.1, 0.15) is 35.6 Å². The maximum atomic E-state index is 12.3. The fraction of sp³-hybridized carbons (Fsp3) is 0.318. The topological polar surface area (TPSA) is 106 Å². The van der Waals surface area contributed by atoms with Crippen LogP contribution < -0.4 is 16.1 Å². The molecule has 4 N–H and O–H groups in total. The first-order chi connectivity index (χ1) is 13.6. The minimum absolute atomic E-state index is 0. The van der Waals surface area contributed by atoms with Crippen molar-refractivity contribution in [1.82, 2.24) is 0 Å². The summed E-state index contributed by atoms with van der Waals surface area (Å²) in [6, 6.07) is 12.2. The molecule has 4 rings (SSSR count). The number of anilines is 1. The number of ether oxygens (including phenoxy) is 1. The van der Waals surface area contributed by atoms with Gasteiger partial charge in [0.25, 0.3) is 0 Å². The third-order valence-corrected chi connectivity index (χ3v) is 5.29. The Bertz CT molecular complexity index is 1060. The quantitative estimate of drug-likeness (QED) is 0.435. The Morgan fingerprint density at radius 2 is 1.76 bits per heavy atom. The Morgan fingerprint density at radius 3 is 2.52 bits per heavy atom. The molecule has 0 saturated carbocycles. The van der Waals surface area contributed by atoms with Gasteiger partial charge < -0.3 is 25.1 Å². The van der Waals surface area contributed by atoms with Gasteiger partial charge in [-0.05, 0) is 55.0 Å². The van der Waals surface area contributed by atoms with Crippen molar-refractivity contribution in [3.05, 3.63) is 69.6 Å². The third-order valence-electron chi connectivity index (χ3n) is 5.29. The molecule has 1 aliphatic carbocycles. The fourth-order valence-electron chi connectivity index (χ4n) is 3.86. The third kappa shape index (κ3) is 4.10. The van der Waals surface area contributed by atoms with E-state index in [1.54, 1.807) is 42.5 Å². The van der Waals surface area contributed by atoms with Gasteiger partial charge in [0, 0.05) is 10.9 Å². The number of hydrogen-bond acceptors (Lipinski definition) is 6. The number of hydrogen-bond donors (Lipinski definition) is 3. The zero-order valence-corrected chi connectivity index (χ0v) is 16.7. The van der Waals surface area contributed by atoms with Crippen molar-refractivity contribution in [3.8, 4) is 5.75 Å². The number of nitrogen functional groups attached to an aromatic ring is 1. The summed E-state index contributed by atoms with van der Waals surface area (Å²) in [7, 11) is 0. The van der Waals surface area contributed by atoms with Crippen LogP contribution in [-0.4, -0.2) is 22.9 Å². The normalized spacial score (nSPS) is 15.2. The van der Waals surface area contributed by atoms with E-state index in [2.05, 4.69) is 0 Å². The zero-order valence-electron chi connectivity index (χ0n) is 15.8.